The van der Waals surface area contributed by atoms with Crippen LogP contribution in [0.25, 0.3) is 0 Å². The summed E-state index contributed by atoms with van der Waals surface area (Å²) in [7, 11) is -9.90. The summed E-state index contributed by atoms with van der Waals surface area (Å²) in [5, 5.41) is 10.6. The van der Waals surface area contributed by atoms with Crippen LogP contribution in [0.15, 0.2) is 0 Å². The van der Waals surface area contributed by atoms with Crippen LogP contribution in [-0.4, -0.2) is 96.7 Å². The van der Waals surface area contributed by atoms with Gasteiger partial charge in [-0.25, -0.2) is 9.13 Å². The molecule has 0 aromatic carbocycles. The maximum absolute atomic E-state index is 13.0. The molecule has 3 N–H and O–H groups in total. The molecule has 0 saturated carbocycles. The van der Waals surface area contributed by atoms with Gasteiger partial charge in [-0.2, -0.15) is 0 Å². The number of esters is 4. The van der Waals surface area contributed by atoms with Crippen molar-refractivity contribution in [2.75, 3.05) is 39.6 Å². The first-order valence-corrected chi connectivity index (χ1v) is 40.2. The molecule has 6 atom stereocenters. The van der Waals surface area contributed by atoms with Gasteiger partial charge in [0.1, 0.15) is 19.3 Å². The molecule has 0 fully saturated rings. The lowest BCUT2D eigenvalue weighted by molar-refractivity contribution is -0.161. The smallest absolute Gasteiger partial charge is 0.462 e. The Morgan fingerprint density at radius 1 is 0.308 bits per heavy atom. The van der Waals surface area contributed by atoms with Crippen molar-refractivity contribution >= 4 is 39.5 Å². The molecule has 0 aromatic heterocycles. The second-order valence-electron chi connectivity index (χ2n) is 27.6. The van der Waals surface area contributed by atoms with Gasteiger partial charge in [0.15, 0.2) is 12.2 Å². The lowest BCUT2D eigenvalue weighted by Crippen LogP contribution is -2.30. The van der Waals surface area contributed by atoms with Crippen molar-refractivity contribution in [2.24, 2.45) is 23.7 Å². The number of unbranched alkanes of at least 4 members (excludes halogenated alkanes) is 34. The summed E-state index contributed by atoms with van der Waals surface area (Å²) < 4.78 is 68.3. The Bertz CT molecular complexity index is 1800. The number of carbonyl (C=O) groups excluding carboxylic acids is 4. The topological polar surface area (TPSA) is 237 Å². The van der Waals surface area contributed by atoms with E-state index < -0.39 is 97.5 Å². The van der Waals surface area contributed by atoms with Crippen LogP contribution in [0, 0.1) is 23.7 Å². The van der Waals surface area contributed by atoms with E-state index in [-0.39, 0.29) is 25.7 Å². The number of hydrogen-bond donors (Lipinski definition) is 3. The SMILES string of the molecule is CCC(C)CCCCCCCCC(=O)O[C@H](COC(=O)CCCCCCCCCC(C)C)COP(=O)(O)OCC(O)COP(=O)(O)OC[C@@H](COC(=O)CCCCCCCCCCCCC(C)C)OC(=O)CCCCCCCCCCCCCCCCCC(C)C. The van der Waals surface area contributed by atoms with E-state index in [9.17, 15) is 43.2 Å². The Morgan fingerprint density at radius 3 is 0.780 bits per heavy atom. The van der Waals surface area contributed by atoms with Crippen molar-refractivity contribution in [2.45, 2.75) is 375 Å². The highest BCUT2D eigenvalue weighted by atomic mass is 31.2. The van der Waals surface area contributed by atoms with E-state index in [0.717, 1.165) is 114 Å². The first-order chi connectivity index (χ1) is 43.6. The molecule has 17 nitrogen and oxygen atoms in total. The molecule has 0 radical (unpaired) electrons. The second kappa shape index (κ2) is 61.6. The number of aliphatic hydroxyl groups excluding tert-OH is 1. The van der Waals surface area contributed by atoms with Gasteiger partial charge in [-0.3, -0.25) is 37.3 Å². The van der Waals surface area contributed by atoms with E-state index in [1.165, 1.54) is 154 Å². The Morgan fingerprint density at radius 2 is 0.527 bits per heavy atom. The zero-order chi connectivity index (χ0) is 67.5. The van der Waals surface area contributed by atoms with Gasteiger partial charge in [0, 0.05) is 25.7 Å². The number of phosphoric acid groups is 2. The molecular weight excluding hydrogens is 1200 g/mol. The predicted octanol–water partition coefficient (Wildman–Crippen LogP) is 20.5. The number of phosphoric ester groups is 2. The molecule has 0 spiro atoms. The monoisotopic (exact) mass is 1340 g/mol. The highest BCUT2D eigenvalue weighted by Gasteiger charge is 2.30. The molecule has 0 heterocycles. The van der Waals surface area contributed by atoms with Crippen LogP contribution in [0.1, 0.15) is 357 Å². The van der Waals surface area contributed by atoms with Crippen LogP contribution < -0.4 is 0 Å². The fourth-order valence-electron chi connectivity index (χ4n) is 10.8. The molecule has 0 aliphatic heterocycles. The van der Waals surface area contributed by atoms with Crippen LogP contribution in [0.3, 0.4) is 0 Å². The van der Waals surface area contributed by atoms with Gasteiger partial charge in [0.2, 0.25) is 0 Å². The minimum Gasteiger partial charge on any atom is -0.462 e. The van der Waals surface area contributed by atoms with Crippen molar-refractivity contribution in [1.29, 1.82) is 0 Å². The zero-order valence-electron chi connectivity index (χ0n) is 59.5. The number of carbonyl (C=O) groups is 4. The Kier molecular flexibility index (Phi) is 60.3. The van der Waals surface area contributed by atoms with Crippen LogP contribution >= 0.6 is 15.6 Å². The summed E-state index contributed by atoms with van der Waals surface area (Å²) in [5.74, 6) is 0.856. The first kappa shape index (κ1) is 89.1. The molecular formula is C72H140O17P2. The minimum absolute atomic E-state index is 0.102. The summed E-state index contributed by atoms with van der Waals surface area (Å²) >= 11 is 0. The van der Waals surface area contributed by atoms with E-state index >= 15 is 0 Å². The van der Waals surface area contributed by atoms with E-state index in [1.54, 1.807) is 0 Å². The van der Waals surface area contributed by atoms with Crippen LogP contribution in [0.2, 0.25) is 0 Å². The molecule has 4 unspecified atom stereocenters. The molecule has 0 aliphatic carbocycles. The summed E-state index contributed by atoms with van der Waals surface area (Å²) in [6.45, 7) is 14.1. The minimum atomic E-state index is -4.95. The molecule has 0 rings (SSSR count). The van der Waals surface area contributed by atoms with E-state index in [4.69, 9.17) is 37.0 Å². The predicted molar refractivity (Wildman–Crippen MR) is 367 cm³/mol. The third-order valence-electron chi connectivity index (χ3n) is 16.9. The van der Waals surface area contributed by atoms with Gasteiger partial charge in [-0.15, -0.1) is 0 Å². The van der Waals surface area contributed by atoms with Gasteiger partial charge in [0.25, 0.3) is 0 Å². The maximum atomic E-state index is 13.0. The Balaban J connectivity index is 5.23. The van der Waals surface area contributed by atoms with Crippen LogP contribution in [-0.2, 0) is 65.4 Å². The maximum Gasteiger partial charge on any atom is 0.472 e. The molecule has 0 aliphatic rings. The highest BCUT2D eigenvalue weighted by molar-refractivity contribution is 7.47. The summed E-state index contributed by atoms with van der Waals surface area (Å²) in [5.41, 5.74) is 0. The van der Waals surface area contributed by atoms with E-state index in [2.05, 4.69) is 55.4 Å². The fourth-order valence-corrected chi connectivity index (χ4v) is 12.4. The Hall–Kier alpha value is -1.94. The van der Waals surface area contributed by atoms with E-state index in [1.807, 2.05) is 0 Å². The fraction of sp³-hybridized carbons (Fsp3) is 0.944. The highest BCUT2D eigenvalue weighted by Crippen LogP contribution is 2.45. The zero-order valence-corrected chi connectivity index (χ0v) is 61.3. The van der Waals surface area contributed by atoms with Gasteiger partial charge >= 0.3 is 39.5 Å². The van der Waals surface area contributed by atoms with Crippen molar-refractivity contribution < 1.29 is 80.2 Å². The van der Waals surface area contributed by atoms with Gasteiger partial charge in [-0.1, -0.05) is 306 Å². The molecule has 0 saturated heterocycles. The summed E-state index contributed by atoms with van der Waals surface area (Å²) in [4.78, 5) is 72.6. The van der Waals surface area contributed by atoms with Crippen molar-refractivity contribution in [3.05, 3.63) is 0 Å². The van der Waals surface area contributed by atoms with Crippen molar-refractivity contribution in [1.82, 2.24) is 0 Å². The van der Waals surface area contributed by atoms with Gasteiger partial charge in [0.05, 0.1) is 26.4 Å². The van der Waals surface area contributed by atoms with E-state index in [0.29, 0.717) is 31.6 Å². The number of rotatable bonds is 69. The molecule has 0 bridgehead atoms. The average molecular weight is 1340 g/mol. The molecule has 0 aromatic rings. The first-order valence-electron chi connectivity index (χ1n) is 37.2. The quantitative estimate of drug-likeness (QED) is 0.0222. The summed E-state index contributed by atoms with van der Waals surface area (Å²) in [6.07, 6.45) is 44.6. The lowest BCUT2D eigenvalue weighted by atomic mass is 10.00. The van der Waals surface area contributed by atoms with Crippen molar-refractivity contribution in [3.8, 4) is 0 Å². The Labute approximate surface area is 556 Å². The number of ether oxygens (including phenoxy) is 4. The van der Waals surface area contributed by atoms with Gasteiger partial charge < -0.3 is 33.8 Å². The number of hydrogen-bond acceptors (Lipinski definition) is 15. The molecule has 0 amide bonds. The van der Waals surface area contributed by atoms with Crippen LogP contribution in [0.5, 0.6) is 0 Å². The largest absolute Gasteiger partial charge is 0.472 e. The molecule has 91 heavy (non-hydrogen) atoms. The van der Waals surface area contributed by atoms with Crippen molar-refractivity contribution in [3.63, 3.8) is 0 Å². The molecule has 540 valence electrons. The third-order valence-corrected chi connectivity index (χ3v) is 18.8. The molecule has 19 heteroatoms. The summed E-state index contributed by atoms with van der Waals surface area (Å²) in [6, 6.07) is 0. The third kappa shape index (κ3) is 65.1. The van der Waals surface area contributed by atoms with Gasteiger partial charge in [-0.05, 0) is 49.4 Å². The standard InChI is InChI=1S/C72H140O17P2/c1-9-65(8)51-43-35-30-31-39-47-55-72(77)89-68(59-83-70(75)53-45-37-29-23-26-34-42-50-64(6)7)61-87-91(80,81)85-57-66(73)56-84-90(78,79)86-60-67(58-82-69(74)52-44-36-27-21-18-17-20-25-33-41-49-63(4)5)88-71(76)54-46-38-28-22-16-14-12-10-11-13-15-19-24-32-40-48-62(2)3/h62-68,73H,9-61H2,1-8H3,(H,78,79)(H,80,81)/t65?,66?,67-,68-/m1/s1. The lowest BCUT2D eigenvalue weighted by Gasteiger charge is -2.21. The average Bonchev–Trinajstić information content (AvgIpc) is 3.55. The normalized spacial score (nSPS) is 14.5. The number of aliphatic hydroxyl groups is 1. The second-order valence-corrected chi connectivity index (χ2v) is 30.6. The van der Waals surface area contributed by atoms with Crippen LogP contribution in [0.4, 0.5) is 0 Å².